The van der Waals surface area contributed by atoms with Crippen LogP contribution in [0.25, 0.3) is 0 Å². The number of rotatable bonds is 5. The zero-order valence-corrected chi connectivity index (χ0v) is 14.8. The summed E-state index contributed by atoms with van der Waals surface area (Å²) < 4.78 is 0. The fraction of sp³-hybridized carbons (Fsp3) is 0.778. The Morgan fingerprint density at radius 1 is 1.36 bits per heavy atom. The maximum Gasteiger partial charge on any atom is 0.303 e. The second-order valence-electron chi connectivity index (χ2n) is 7.97. The summed E-state index contributed by atoms with van der Waals surface area (Å²) in [5, 5.41) is 12.1. The van der Waals surface area contributed by atoms with Gasteiger partial charge in [0.25, 0.3) is 0 Å². The number of hydrogen-bond donors (Lipinski definition) is 2. The van der Waals surface area contributed by atoms with Gasteiger partial charge in [-0.15, -0.1) is 0 Å². The molecular weight excluding hydrogens is 278 g/mol. The minimum absolute atomic E-state index is 0.0636. The zero-order valence-electron chi connectivity index (χ0n) is 14.8. The Hall–Kier alpha value is -1.32. The number of nitrogens with one attached hydrogen (secondary N) is 1. The van der Waals surface area contributed by atoms with Crippen LogP contribution in [0.1, 0.15) is 54.4 Å². The van der Waals surface area contributed by atoms with Crippen molar-refractivity contribution in [1.29, 1.82) is 0 Å². The molecule has 0 spiro atoms. The highest BCUT2D eigenvalue weighted by molar-refractivity contribution is 5.81. The van der Waals surface area contributed by atoms with Gasteiger partial charge in [-0.05, 0) is 37.0 Å². The van der Waals surface area contributed by atoms with Gasteiger partial charge in [-0.3, -0.25) is 9.59 Å². The molecule has 0 bridgehead atoms. The van der Waals surface area contributed by atoms with Crippen LogP contribution in [0.15, 0.2) is 11.6 Å². The summed E-state index contributed by atoms with van der Waals surface area (Å²) in [7, 11) is 0. The molecule has 0 fully saturated rings. The number of allylic oxidation sites excluding steroid dienone is 1. The highest BCUT2D eigenvalue weighted by Gasteiger charge is 2.33. The second kappa shape index (κ2) is 7.30. The van der Waals surface area contributed by atoms with Gasteiger partial charge in [0.2, 0.25) is 5.91 Å². The van der Waals surface area contributed by atoms with Crippen molar-refractivity contribution < 1.29 is 14.7 Å². The molecule has 0 radical (unpaired) electrons. The molecule has 0 unspecified atom stereocenters. The minimum Gasteiger partial charge on any atom is -0.481 e. The van der Waals surface area contributed by atoms with Crippen molar-refractivity contribution in [3.63, 3.8) is 0 Å². The molecule has 0 aromatic rings. The molecule has 1 aliphatic rings. The van der Waals surface area contributed by atoms with E-state index in [0.29, 0.717) is 18.4 Å². The average molecular weight is 309 g/mol. The fourth-order valence-electron chi connectivity index (χ4n) is 3.19. The van der Waals surface area contributed by atoms with Crippen LogP contribution in [0.3, 0.4) is 0 Å². The molecule has 0 aromatic heterocycles. The smallest absolute Gasteiger partial charge is 0.303 e. The van der Waals surface area contributed by atoms with E-state index in [4.69, 9.17) is 5.11 Å². The molecule has 126 valence electrons. The number of carboxylic acids is 1. The zero-order chi connectivity index (χ0) is 17.1. The lowest BCUT2D eigenvalue weighted by Gasteiger charge is -2.37. The molecular formula is C18H31NO3. The number of carbonyl (C=O) groups excluding carboxylic acids is 1. The first kappa shape index (κ1) is 18.7. The number of hydrogen-bond acceptors (Lipinski definition) is 2. The van der Waals surface area contributed by atoms with E-state index >= 15 is 0 Å². The topological polar surface area (TPSA) is 66.4 Å². The minimum atomic E-state index is -0.736. The predicted octanol–water partition coefficient (Wildman–Crippen LogP) is 3.48. The maximum absolute atomic E-state index is 12.1. The monoisotopic (exact) mass is 309 g/mol. The number of amides is 1. The summed E-state index contributed by atoms with van der Waals surface area (Å²) in [4.78, 5) is 23.1. The van der Waals surface area contributed by atoms with E-state index in [1.165, 1.54) is 0 Å². The molecule has 0 saturated carbocycles. The van der Waals surface area contributed by atoms with E-state index in [-0.39, 0.29) is 29.6 Å². The summed E-state index contributed by atoms with van der Waals surface area (Å²) in [6.07, 6.45) is 3.28. The Labute approximate surface area is 134 Å². The van der Waals surface area contributed by atoms with Crippen LogP contribution in [0.5, 0.6) is 0 Å². The third-order valence-electron chi connectivity index (χ3n) is 4.68. The molecule has 0 aliphatic heterocycles. The lowest BCUT2D eigenvalue weighted by atomic mass is 9.70. The van der Waals surface area contributed by atoms with E-state index in [2.05, 4.69) is 25.2 Å². The lowest BCUT2D eigenvalue weighted by molar-refractivity contribution is -0.138. The highest BCUT2D eigenvalue weighted by atomic mass is 16.4. The summed E-state index contributed by atoms with van der Waals surface area (Å²) in [6.45, 7) is 12.7. The quantitative estimate of drug-likeness (QED) is 0.764. The Bertz CT molecular complexity index is 446. The standard InChI is InChI=1S/C18H31NO3/c1-11(2)15-8-13(9-16(20)21)12(3)7-14(15)10-19-17(22)18(4,5)6/h7,11,13-15H,8-10H2,1-6H3,(H,19,22)(H,20,21)/t13-,14-,15-/m0/s1. The molecule has 4 nitrogen and oxygen atoms in total. The number of carbonyl (C=O) groups is 2. The van der Waals surface area contributed by atoms with Crippen LogP contribution >= 0.6 is 0 Å². The van der Waals surface area contributed by atoms with Gasteiger partial charge >= 0.3 is 5.97 Å². The van der Waals surface area contributed by atoms with Gasteiger partial charge in [-0.25, -0.2) is 0 Å². The fourth-order valence-corrected chi connectivity index (χ4v) is 3.19. The Morgan fingerprint density at radius 3 is 2.41 bits per heavy atom. The van der Waals surface area contributed by atoms with E-state index in [9.17, 15) is 9.59 Å². The predicted molar refractivity (Wildman–Crippen MR) is 88.4 cm³/mol. The Kier molecular flexibility index (Phi) is 6.21. The maximum atomic E-state index is 12.1. The first-order valence-corrected chi connectivity index (χ1v) is 8.20. The lowest BCUT2D eigenvalue weighted by Crippen LogP contribution is -2.41. The van der Waals surface area contributed by atoms with Crippen LogP contribution in [0.2, 0.25) is 0 Å². The van der Waals surface area contributed by atoms with Gasteiger partial charge in [-0.1, -0.05) is 46.3 Å². The normalized spacial score (nSPS) is 25.8. The molecule has 22 heavy (non-hydrogen) atoms. The van der Waals surface area contributed by atoms with E-state index in [0.717, 1.165) is 12.0 Å². The molecule has 3 atom stereocenters. The van der Waals surface area contributed by atoms with Crippen LogP contribution < -0.4 is 5.32 Å². The molecule has 4 heteroatoms. The molecule has 2 N–H and O–H groups in total. The Morgan fingerprint density at radius 2 is 1.95 bits per heavy atom. The van der Waals surface area contributed by atoms with E-state index < -0.39 is 5.97 Å². The molecule has 1 aliphatic carbocycles. The second-order valence-corrected chi connectivity index (χ2v) is 7.97. The summed E-state index contributed by atoms with van der Waals surface area (Å²) in [5.74, 6) is 0.620. The van der Waals surface area contributed by atoms with E-state index in [1.807, 2.05) is 27.7 Å². The van der Waals surface area contributed by atoms with Crippen molar-refractivity contribution in [2.75, 3.05) is 6.54 Å². The molecule has 0 saturated heterocycles. The van der Waals surface area contributed by atoms with Crippen molar-refractivity contribution in [2.45, 2.75) is 54.4 Å². The van der Waals surface area contributed by atoms with Crippen LogP contribution in [0, 0.1) is 29.1 Å². The number of aliphatic carboxylic acids is 1. The SMILES string of the molecule is CC1=C[C@@H](CNC(=O)C(C)(C)C)[C@H](C(C)C)C[C@H]1CC(=O)O. The van der Waals surface area contributed by atoms with Crippen molar-refractivity contribution in [3.05, 3.63) is 11.6 Å². The molecule has 1 rings (SSSR count). The van der Waals surface area contributed by atoms with Crippen molar-refractivity contribution in [1.82, 2.24) is 5.32 Å². The van der Waals surface area contributed by atoms with Gasteiger partial charge in [0.05, 0.1) is 6.42 Å². The van der Waals surface area contributed by atoms with Crippen LogP contribution in [0.4, 0.5) is 0 Å². The Balaban J connectivity index is 2.81. The van der Waals surface area contributed by atoms with E-state index in [1.54, 1.807) is 0 Å². The van der Waals surface area contributed by atoms with Gasteiger partial charge in [0.1, 0.15) is 0 Å². The number of carboxylic acid groups (broad SMARTS) is 1. The molecule has 0 heterocycles. The largest absolute Gasteiger partial charge is 0.481 e. The molecule has 1 amide bonds. The van der Waals surface area contributed by atoms with Crippen molar-refractivity contribution in [2.24, 2.45) is 29.1 Å². The van der Waals surface area contributed by atoms with Crippen LogP contribution in [-0.4, -0.2) is 23.5 Å². The third-order valence-corrected chi connectivity index (χ3v) is 4.68. The third kappa shape index (κ3) is 5.15. The molecule has 0 aromatic carbocycles. The van der Waals surface area contributed by atoms with Gasteiger partial charge in [0.15, 0.2) is 0 Å². The summed E-state index contributed by atoms with van der Waals surface area (Å²) >= 11 is 0. The van der Waals surface area contributed by atoms with Crippen molar-refractivity contribution in [3.8, 4) is 0 Å². The first-order chi connectivity index (χ1) is 10.0. The van der Waals surface area contributed by atoms with Gasteiger partial charge in [0, 0.05) is 12.0 Å². The first-order valence-electron chi connectivity index (χ1n) is 8.20. The summed E-state index contributed by atoms with van der Waals surface area (Å²) in [6, 6.07) is 0. The van der Waals surface area contributed by atoms with Gasteiger partial charge in [-0.2, -0.15) is 0 Å². The average Bonchev–Trinajstić information content (AvgIpc) is 2.36. The van der Waals surface area contributed by atoms with Crippen molar-refractivity contribution >= 4 is 11.9 Å². The summed E-state index contributed by atoms with van der Waals surface area (Å²) in [5.41, 5.74) is 0.765. The van der Waals surface area contributed by atoms with Gasteiger partial charge < -0.3 is 10.4 Å². The van der Waals surface area contributed by atoms with Crippen LogP contribution in [-0.2, 0) is 9.59 Å². The highest BCUT2D eigenvalue weighted by Crippen LogP contribution is 2.38.